The zero-order chi connectivity index (χ0) is 19.3. The molecule has 1 aromatic heterocycles. The number of aromatic nitrogens is 3. The van der Waals surface area contributed by atoms with Crippen LogP contribution in [-0.4, -0.2) is 39.9 Å². The van der Waals surface area contributed by atoms with E-state index in [-0.39, 0.29) is 5.82 Å². The first-order valence-corrected chi connectivity index (χ1v) is 9.87. The van der Waals surface area contributed by atoms with Crippen LogP contribution in [0.15, 0.2) is 61.2 Å². The highest BCUT2D eigenvalue weighted by atomic mass is 19.1. The molecule has 28 heavy (non-hydrogen) atoms. The molecule has 3 aromatic rings. The average Bonchev–Trinajstić information content (AvgIpc) is 3.22. The normalized spacial score (nSPS) is 16.3. The quantitative estimate of drug-likeness (QED) is 0.709. The molecule has 1 saturated heterocycles. The number of hydrogen-bond acceptors (Lipinski definition) is 4. The average molecular weight is 379 g/mol. The molecule has 1 fully saturated rings. The highest BCUT2D eigenvalue weighted by Crippen LogP contribution is 2.27. The van der Waals surface area contributed by atoms with Crippen molar-refractivity contribution < 1.29 is 4.39 Å². The first-order valence-electron chi connectivity index (χ1n) is 9.87. The molecule has 2 heterocycles. The summed E-state index contributed by atoms with van der Waals surface area (Å²) in [4.78, 5) is 6.44. The fraction of sp³-hybridized carbons (Fsp3) is 0.364. The third-order valence-electron chi connectivity index (χ3n) is 5.33. The molecule has 1 N–H and O–H groups in total. The van der Waals surface area contributed by atoms with Crippen LogP contribution in [0.3, 0.4) is 0 Å². The fourth-order valence-electron chi connectivity index (χ4n) is 3.89. The van der Waals surface area contributed by atoms with Gasteiger partial charge >= 0.3 is 0 Å². The van der Waals surface area contributed by atoms with E-state index in [4.69, 9.17) is 0 Å². The minimum atomic E-state index is -0.201. The Morgan fingerprint density at radius 3 is 2.61 bits per heavy atom. The maximum Gasteiger partial charge on any atom is 0.137 e. The third-order valence-corrected chi connectivity index (χ3v) is 5.33. The van der Waals surface area contributed by atoms with Gasteiger partial charge in [-0.05, 0) is 55.2 Å². The molecular weight excluding hydrogens is 353 g/mol. The molecule has 1 atom stereocenters. The van der Waals surface area contributed by atoms with Gasteiger partial charge in [0.15, 0.2) is 0 Å². The lowest BCUT2D eigenvalue weighted by atomic mass is 10.0. The summed E-state index contributed by atoms with van der Waals surface area (Å²) < 4.78 is 15.1. The van der Waals surface area contributed by atoms with Crippen LogP contribution in [0.25, 0.3) is 11.1 Å². The molecule has 146 valence electrons. The highest BCUT2D eigenvalue weighted by Gasteiger charge is 2.21. The highest BCUT2D eigenvalue weighted by molar-refractivity contribution is 5.68. The molecule has 0 saturated carbocycles. The number of benzene rings is 2. The van der Waals surface area contributed by atoms with E-state index in [1.807, 2.05) is 16.8 Å². The van der Waals surface area contributed by atoms with Crippen LogP contribution in [-0.2, 0) is 6.54 Å². The molecule has 0 spiro atoms. The maximum atomic E-state index is 13.2. The Morgan fingerprint density at radius 2 is 1.89 bits per heavy atom. The SMILES string of the molecule is C[C@@H](Cn1cncn1)NC1CCN(c2cccc(-c3ccc(F)cc3)c2)CC1. The number of piperidine rings is 1. The predicted octanol–water partition coefficient (Wildman–Crippen LogP) is 3.73. The Balaban J connectivity index is 1.33. The monoisotopic (exact) mass is 379 g/mol. The van der Waals surface area contributed by atoms with Gasteiger partial charge in [-0.1, -0.05) is 24.3 Å². The van der Waals surface area contributed by atoms with E-state index < -0.39 is 0 Å². The van der Waals surface area contributed by atoms with E-state index in [1.165, 1.54) is 17.8 Å². The second kappa shape index (κ2) is 8.52. The lowest BCUT2D eigenvalue weighted by molar-refractivity contribution is 0.348. The Bertz CT molecular complexity index is 870. The summed E-state index contributed by atoms with van der Waals surface area (Å²) in [5, 5.41) is 7.90. The van der Waals surface area contributed by atoms with Crippen molar-refractivity contribution in [2.75, 3.05) is 18.0 Å². The van der Waals surface area contributed by atoms with E-state index >= 15 is 0 Å². The van der Waals surface area contributed by atoms with Crippen molar-refractivity contribution in [3.05, 3.63) is 67.0 Å². The third kappa shape index (κ3) is 4.57. The molecule has 0 bridgehead atoms. The summed E-state index contributed by atoms with van der Waals surface area (Å²) in [5.41, 5.74) is 3.40. The molecule has 6 heteroatoms. The van der Waals surface area contributed by atoms with E-state index in [9.17, 15) is 4.39 Å². The number of hydrogen-bond donors (Lipinski definition) is 1. The van der Waals surface area contributed by atoms with Crippen LogP contribution in [0, 0.1) is 5.82 Å². The summed E-state index contributed by atoms with van der Waals surface area (Å²) in [6.45, 7) is 5.08. The predicted molar refractivity (Wildman–Crippen MR) is 110 cm³/mol. The number of rotatable bonds is 6. The first kappa shape index (κ1) is 18.6. The smallest absolute Gasteiger partial charge is 0.137 e. The van der Waals surface area contributed by atoms with E-state index in [0.29, 0.717) is 12.1 Å². The lowest BCUT2D eigenvalue weighted by Crippen LogP contribution is -2.46. The molecule has 0 aliphatic carbocycles. The number of anilines is 1. The van der Waals surface area contributed by atoms with Gasteiger partial charge in [-0.15, -0.1) is 0 Å². The van der Waals surface area contributed by atoms with Crippen molar-refractivity contribution in [1.29, 1.82) is 0 Å². The molecule has 1 aliphatic rings. The summed E-state index contributed by atoms with van der Waals surface area (Å²) in [5.74, 6) is -0.201. The summed E-state index contributed by atoms with van der Waals surface area (Å²) in [6.07, 6.45) is 5.56. The van der Waals surface area contributed by atoms with Gasteiger partial charge in [-0.25, -0.2) is 9.37 Å². The summed E-state index contributed by atoms with van der Waals surface area (Å²) >= 11 is 0. The number of halogens is 1. The van der Waals surface area contributed by atoms with Crippen molar-refractivity contribution in [2.45, 2.75) is 38.4 Å². The van der Waals surface area contributed by atoms with Gasteiger partial charge < -0.3 is 10.2 Å². The molecule has 2 aromatic carbocycles. The van der Waals surface area contributed by atoms with Crippen molar-refractivity contribution in [1.82, 2.24) is 20.1 Å². The van der Waals surface area contributed by atoms with Gasteiger partial charge in [-0.3, -0.25) is 4.68 Å². The molecule has 0 amide bonds. The topological polar surface area (TPSA) is 46.0 Å². The number of nitrogens with one attached hydrogen (secondary N) is 1. The van der Waals surface area contributed by atoms with Crippen LogP contribution < -0.4 is 10.2 Å². The van der Waals surface area contributed by atoms with Gasteiger partial charge in [-0.2, -0.15) is 5.10 Å². The largest absolute Gasteiger partial charge is 0.371 e. The van der Waals surface area contributed by atoms with Gasteiger partial charge in [0.05, 0.1) is 6.54 Å². The van der Waals surface area contributed by atoms with Crippen LogP contribution in [0.5, 0.6) is 0 Å². The molecule has 1 aliphatic heterocycles. The summed E-state index contributed by atoms with van der Waals surface area (Å²) in [7, 11) is 0. The molecular formula is C22H26FN5. The Hall–Kier alpha value is -2.73. The first-order chi connectivity index (χ1) is 13.7. The standard InChI is InChI=1S/C22H26FN5/c1-17(14-28-16-24-15-25-28)26-21-9-11-27(12-10-21)22-4-2-3-19(13-22)18-5-7-20(23)8-6-18/h2-8,13,15-17,21,26H,9-12,14H2,1H3/t17-/m0/s1. The fourth-order valence-corrected chi connectivity index (χ4v) is 3.89. The molecule has 5 nitrogen and oxygen atoms in total. The minimum absolute atomic E-state index is 0.201. The molecule has 0 unspecified atom stereocenters. The van der Waals surface area contributed by atoms with E-state index in [1.54, 1.807) is 12.7 Å². The maximum absolute atomic E-state index is 13.2. The second-order valence-electron chi connectivity index (χ2n) is 7.50. The van der Waals surface area contributed by atoms with Crippen molar-refractivity contribution >= 4 is 5.69 Å². The minimum Gasteiger partial charge on any atom is -0.371 e. The van der Waals surface area contributed by atoms with Crippen molar-refractivity contribution in [2.24, 2.45) is 0 Å². The second-order valence-corrected chi connectivity index (χ2v) is 7.50. The Labute approximate surface area is 165 Å². The molecule has 4 rings (SSSR count). The molecule has 0 radical (unpaired) electrons. The lowest BCUT2D eigenvalue weighted by Gasteiger charge is -2.35. The van der Waals surface area contributed by atoms with Crippen LogP contribution in [0.4, 0.5) is 10.1 Å². The Morgan fingerprint density at radius 1 is 1.11 bits per heavy atom. The van der Waals surface area contributed by atoms with Gasteiger partial charge in [0, 0.05) is 30.9 Å². The Kier molecular flexibility index (Phi) is 5.67. The zero-order valence-electron chi connectivity index (χ0n) is 16.1. The summed E-state index contributed by atoms with van der Waals surface area (Å²) in [6, 6.07) is 16.1. The van der Waals surface area contributed by atoms with E-state index in [0.717, 1.165) is 43.6 Å². The van der Waals surface area contributed by atoms with Crippen molar-refractivity contribution in [3.8, 4) is 11.1 Å². The van der Waals surface area contributed by atoms with Crippen molar-refractivity contribution in [3.63, 3.8) is 0 Å². The van der Waals surface area contributed by atoms with Crippen LogP contribution >= 0.6 is 0 Å². The van der Waals surface area contributed by atoms with Gasteiger partial charge in [0.2, 0.25) is 0 Å². The van der Waals surface area contributed by atoms with Gasteiger partial charge in [0.1, 0.15) is 18.5 Å². The van der Waals surface area contributed by atoms with Gasteiger partial charge in [0.25, 0.3) is 0 Å². The van der Waals surface area contributed by atoms with Crippen LogP contribution in [0.2, 0.25) is 0 Å². The zero-order valence-corrected chi connectivity index (χ0v) is 16.1. The van der Waals surface area contributed by atoms with Crippen LogP contribution in [0.1, 0.15) is 19.8 Å². The van der Waals surface area contributed by atoms with E-state index in [2.05, 4.69) is 51.5 Å². The number of nitrogens with zero attached hydrogens (tertiary/aromatic N) is 4.